The molecule has 2 aliphatic heterocycles. The van der Waals surface area contributed by atoms with E-state index < -0.39 is 0 Å². The Balaban J connectivity index is 2.02. The standard InChI is InChI=1S/C12H14ClNO2/c13-10-3-1-2-9(6-10)12-4-5-14-7-11(12)15-8-16-12/h1-3,6,11,14H,4-5,7-8H2/t11-,12-/m1/s1. The van der Waals surface area contributed by atoms with Gasteiger partial charge in [0.05, 0.1) is 0 Å². The number of hydrogen-bond donors (Lipinski definition) is 1. The van der Waals surface area contributed by atoms with Crippen molar-refractivity contribution in [2.24, 2.45) is 0 Å². The molecule has 0 aliphatic carbocycles. The highest BCUT2D eigenvalue weighted by Gasteiger charge is 2.48. The molecule has 2 heterocycles. The molecule has 86 valence electrons. The highest BCUT2D eigenvalue weighted by molar-refractivity contribution is 6.30. The molecule has 0 amide bonds. The van der Waals surface area contributed by atoms with Crippen LogP contribution in [0, 0.1) is 0 Å². The second-order valence-electron chi connectivity index (χ2n) is 4.27. The van der Waals surface area contributed by atoms with E-state index in [4.69, 9.17) is 21.1 Å². The summed E-state index contributed by atoms with van der Waals surface area (Å²) in [6, 6.07) is 7.90. The van der Waals surface area contributed by atoms with Gasteiger partial charge in [-0.3, -0.25) is 0 Å². The summed E-state index contributed by atoms with van der Waals surface area (Å²) in [5.41, 5.74) is 0.833. The van der Waals surface area contributed by atoms with Gasteiger partial charge < -0.3 is 14.8 Å². The Bertz CT molecular complexity index is 398. The Hall–Kier alpha value is -0.610. The van der Waals surface area contributed by atoms with Crippen LogP contribution in [0.2, 0.25) is 5.02 Å². The summed E-state index contributed by atoms with van der Waals surface area (Å²) < 4.78 is 11.5. The Labute approximate surface area is 99.7 Å². The minimum absolute atomic E-state index is 0.0970. The van der Waals surface area contributed by atoms with Gasteiger partial charge in [0.25, 0.3) is 0 Å². The molecule has 3 rings (SSSR count). The maximum Gasteiger partial charge on any atom is 0.148 e. The van der Waals surface area contributed by atoms with Gasteiger partial charge in [-0.2, -0.15) is 0 Å². The van der Waals surface area contributed by atoms with Crippen molar-refractivity contribution < 1.29 is 9.47 Å². The molecule has 0 saturated carbocycles. The van der Waals surface area contributed by atoms with Crippen molar-refractivity contribution in [1.82, 2.24) is 5.32 Å². The Morgan fingerprint density at radius 3 is 3.25 bits per heavy atom. The van der Waals surface area contributed by atoms with Crippen LogP contribution in [0.4, 0.5) is 0 Å². The number of fused-ring (bicyclic) bond motifs is 1. The molecule has 1 aromatic carbocycles. The number of benzene rings is 1. The van der Waals surface area contributed by atoms with Gasteiger partial charge in [-0.1, -0.05) is 23.7 Å². The largest absolute Gasteiger partial charge is 0.347 e. The predicted molar refractivity (Wildman–Crippen MR) is 61.4 cm³/mol. The number of piperidine rings is 1. The minimum atomic E-state index is -0.295. The molecule has 3 nitrogen and oxygen atoms in total. The summed E-state index contributed by atoms with van der Waals surface area (Å²) in [6.07, 6.45) is 1.03. The maximum atomic E-state index is 6.04. The molecule has 0 unspecified atom stereocenters. The van der Waals surface area contributed by atoms with E-state index in [9.17, 15) is 0 Å². The molecule has 0 spiro atoms. The van der Waals surface area contributed by atoms with Gasteiger partial charge in [0.2, 0.25) is 0 Å². The van der Waals surface area contributed by atoms with E-state index in [1.54, 1.807) is 0 Å². The van der Waals surface area contributed by atoms with E-state index in [0.717, 1.165) is 30.1 Å². The molecular formula is C12H14ClNO2. The Morgan fingerprint density at radius 2 is 2.38 bits per heavy atom. The first kappa shape index (κ1) is 10.5. The molecule has 1 aromatic rings. The normalized spacial score (nSPS) is 33.7. The molecule has 2 aliphatic rings. The zero-order valence-corrected chi connectivity index (χ0v) is 9.67. The lowest BCUT2D eigenvalue weighted by Crippen LogP contribution is -2.50. The molecular weight excluding hydrogens is 226 g/mol. The van der Waals surface area contributed by atoms with E-state index in [2.05, 4.69) is 11.4 Å². The number of rotatable bonds is 1. The molecule has 16 heavy (non-hydrogen) atoms. The third-order valence-electron chi connectivity index (χ3n) is 3.42. The lowest BCUT2D eigenvalue weighted by Gasteiger charge is -2.37. The zero-order valence-electron chi connectivity index (χ0n) is 8.91. The molecule has 0 aromatic heterocycles. The molecule has 2 atom stereocenters. The van der Waals surface area contributed by atoms with Crippen molar-refractivity contribution in [3.05, 3.63) is 34.9 Å². The van der Waals surface area contributed by atoms with Crippen molar-refractivity contribution in [3.63, 3.8) is 0 Å². The van der Waals surface area contributed by atoms with Crippen LogP contribution in [0.25, 0.3) is 0 Å². The maximum absolute atomic E-state index is 6.04. The Morgan fingerprint density at radius 1 is 1.44 bits per heavy atom. The third kappa shape index (κ3) is 1.55. The van der Waals surface area contributed by atoms with E-state index in [-0.39, 0.29) is 11.7 Å². The SMILES string of the molecule is Clc1cccc([C@]23CCNC[C@H]2OCO3)c1. The highest BCUT2D eigenvalue weighted by Crippen LogP contribution is 2.41. The monoisotopic (exact) mass is 239 g/mol. The average molecular weight is 240 g/mol. The van der Waals surface area contributed by atoms with Crippen LogP contribution < -0.4 is 5.32 Å². The molecule has 0 radical (unpaired) electrons. The fraction of sp³-hybridized carbons (Fsp3) is 0.500. The van der Waals surface area contributed by atoms with E-state index in [0.29, 0.717) is 6.79 Å². The second kappa shape index (κ2) is 4.00. The fourth-order valence-corrected chi connectivity index (χ4v) is 2.77. The summed E-state index contributed by atoms with van der Waals surface area (Å²) in [4.78, 5) is 0. The Kier molecular flexibility index (Phi) is 2.64. The third-order valence-corrected chi connectivity index (χ3v) is 3.66. The summed E-state index contributed by atoms with van der Waals surface area (Å²) in [6.45, 7) is 2.16. The van der Waals surface area contributed by atoms with E-state index in [1.807, 2.05) is 18.2 Å². The number of nitrogens with one attached hydrogen (secondary N) is 1. The van der Waals surface area contributed by atoms with Crippen molar-refractivity contribution >= 4 is 11.6 Å². The van der Waals surface area contributed by atoms with Gasteiger partial charge >= 0.3 is 0 Å². The summed E-state index contributed by atoms with van der Waals surface area (Å²) in [5, 5.41) is 4.08. The van der Waals surface area contributed by atoms with Crippen molar-refractivity contribution in [1.29, 1.82) is 0 Å². The second-order valence-corrected chi connectivity index (χ2v) is 4.71. The smallest absolute Gasteiger partial charge is 0.148 e. The summed E-state index contributed by atoms with van der Waals surface area (Å²) in [7, 11) is 0. The summed E-state index contributed by atoms with van der Waals surface area (Å²) >= 11 is 6.04. The molecule has 4 heteroatoms. The lowest BCUT2D eigenvalue weighted by molar-refractivity contribution is -0.0267. The van der Waals surface area contributed by atoms with Gasteiger partial charge in [-0.25, -0.2) is 0 Å². The topological polar surface area (TPSA) is 30.5 Å². The molecule has 2 saturated heterocycles. The van der Waals surface area contributed by atoms with Crippen LogP contribution in [0.3, 0.4) is 0 Å². The van der Waals surface area contributed by atoms with Crippen LogP contribution >= 0.6 is 11.6 Å². The van der Waals surface area contributed by atoms with Crippen molar-refractivity contribution in [2.75, 3.05) is 19.9 Å². The first-order valence-corrected chi connectivity index (χ1v) is 5.91. The molecule has 2 fully saturated rings. The van der Waals surface area contributed by atoms with Crippen LogP contribution in [-0.2, 0) is 15.1 Å². The van der Waals surface area contributed by atoms with Gasteiger partial charge in [0, 0.05) is 11.6 Å². The number of hydrogen-bond acceptors (Lipinski definition) is 3. The molecule has 0 bridgehead atoms. The number of halogens is 1. The van der Waals surface area contributed by atoms with E-state index in [1.165, 1.54) is 0 Å². The van der Waals surface area contributed by atoms with Gasteiger partial charge in [0.1, 0.15) is 18.5 Å². The lowest BCUT2D eigenvalue weighted by atomic mass is 9.83. The van der Waals surface area contributed by atoms with Gasteiger partial charge in [-0.15, -0.1) is 0 Å². The highest BCUT2D eigenvalue weighted by atomic mass is 35.5. The summed E-state index contributed by atoms with van der Waals surface area (Å²) in [5.74, 6) is 0. The van der Waals surface area contributed by atoms with Crippen LogP contribution in [0.5, 0.6) is 0 Å². The van der Waals surface area contributed by atoms with Crippen molar-refractivity contribution in [2.45, 2.75) is 18.1 Å². The fourth-order valence-electron chi connectivity index (χ4n) is 2.58. The number of ether oxygens (including phenoxy) is 2. The van der Waals surface area contributed by atoms with Gasteiger partial charge in [-0.05, 0) is 30.7 Å². The quantitative estimate of drug-likeness (QED) is 0.812. The minimum Gasteiger partial charge on any atom is -0.347 e. The van der Waals surface area contributed by atoms with E-state index >= 15 is 0 Å². The zero-order chi connectivity index (χ0) is 11.0. The first-order chi connectivity index (χ1) is 7.81. The first-order valence-electron chi connectivity index (χ1n) is 5.54. The predicted octanol–water partition coefficient (Wildman–Crippen LogP) is 1.90. The van der Waals surface area contributed by atoms with Crippen LogP contribution in [0.1, 0.15) is 12.0 Å². The average Bonchev–Trinajstić information content (AvgIpc) is 2.73. The molecule has 1 N–H and O–H groups in total. The van der Waals surface area contributed by atoms with Crippen LogP contribution in [0.15, 0.2) is 24.3 Å². The van der Waals surface area contributed by atoms with Crippen LogP contribution in [-0.4, -0.2) is 26.0 Å². The van der Waals surface area contributed by atoms with Crippen molar-refractivity contribution in [3.8, 4) is 0 Å². The van der Waals surface area contributed by atoms with Gasteiger partial charge in [0.15, 0.2) is 0 Å².